The van der Waals surface area contributed by atoms with E-state index in [9.17, 15) is 0 Å². The molecule has 1 N–H and O–H groups in total. The van der Waals surface area contributed by atoms with Gasteiger partial charge < -0.3 is 5.32 Å². The molecule has 2 fully saturated rings. The number of piperidine rings is 1. The fourth-order valence-electron chi connectivity index (χ4n) is 2.06. The van der Waals surface area contributed by atoms with Gasteiger partial charge in [0, 0.05) is 0 Å². The van der Waals surface area contributed by atoms with Crippen LogP contribution < -0.4 is 5.32 Å². The zero-order valence-corrected chi connectivity index (χ0v) is 5.57. The van der Waals surface area contributed by atoms with Crippen molar-refractivity contribution in [3.05, 3.63) is 0 Å². The first-order valence-electron chi connectivity index (χ1n) is 3.43. The molecule has 1 heteroatoms. The minimum Gasteiger partial charge on any atom is -0.316 e. The lowest BCUT2D eigenvalue weighted by Crippen LogP contribution is -2.17. The Kier molecular flexibility index (Phi) is 0.663. The molecule has 0 aromatic heterocycles. The normalized spacial score (nSPS) is 48.8. The van der Waals surface area contributed by atoms with Crippen LogP contribution in [-0.4, -0.2) is 13.1 Å². The SMILES string of the molecule is CC1(C)[C@@H]2CNC[C@@H]21. The van der Waals surface area contributed by atoms with Crippen molar-refractivity contribution in [1.29, 1.82) is 0 Å². The van der Waals surface area contributed by atoms with E-state index < -0.39 is 0 Å². The van der Waals surface area contributed by atoms with Gasteiger partial charge in [0.15, 0.2) is 0 Å². The lowest BCUT2D eigenvalue weighted by atomic mass is 10.1. The Bertz CT molecular complexity index is 106. The van der Waals surface area contributed by atoms with Gasteiger partial charge in [-0.3, -0.25) is 0 Å². The molecular weight excluding hydrogens is 98.1 g/mol. The van der Waals surface area contributed by atoms with Gasteiger partial charge in [0.25, 0.3) is 0 Å². The molecular formula is C7H13N. The van der Waals surface area contributed by atoms with Gasteiger partial charge in [-0.25, -0.2) is 0 Å². The molecule has 1 heterocycles. The quantitative estimate of drug-likeness (QED) is 0.489. The maximum atomic E-state index is 3.38. The second-order valence-corrected chi connectivity index (χ2v) is 3.69. The molecule has 1 aliphatic heterocycles. The Balaban J connectivity index is 2.13. The van der Waals surface area contributed by atoms with Crippen molar-refractivity contribution in [2.24, 2.45) is 17.3 Å². The Morgan fingerprint density at radius 2 is 1.75 bits per heavy atom. The van der Waals surface area contributed by atoms with Crippen LogP contribution in [0.5, 0.6) is 0 Å². The van der Waals surface area contributed by atoms with Crippen LogP contribution in [0.2, 0.25) is 0 Å². The molecule has 1 nitrogen and oxygen atoms in total. The molecule has 0 aromatic rings. The summed E-state index contributed by atoms with van der Waals surface area (Å²) in [6.07, 6.45) is 0. The maximum absolute atomic E-state index is 3.38. The van der Waals surface area contributed by atoms with Crippen molar-refractivity contribution in [2.75, 3.05) is 13.1 Å². The van der Waals surface area contributed by atoms with E-state index in [1.807, 2.05) is 0 Å². The first kappa shape index (κ1) is 4.80. The summed E-state index contributed by atoms with van der Waals surface area (Å²) in [6.45, 7) is 7.31. The highest BCUT2D eigenvalue weighted by Gasteiger charge is 2.59. The smallest absolute Gasteiger partial charge is 0.00118 e. The second-order valence-electron chi connectivity index (χ2n) is 3.69. The van der Waals surface area contributed by atoms with Gasteiger partial charge in [-0.15, -0.1) is 0 Å². The second kappa shape index (κ2) is 1.10. The van der Waals surface area contributed by atoms with E-state index in [1.54, 1.807) is 0 Å². The number of fused-ring (bicyclic) bond motifs is 1. The topological polar surface area (TPSA) is 12.0 Å². The Morgan fingerprint density at radius 3 is 2.00 bits per heavy atom. The van der Waals surface area contributed by atoms with Crippen molar-refractivity contribution in [1.82, 2.24) is 5.32 Å². The molecule has 2 rings (SSSR count). The number of hydrogen-bond acceptors (Lipinski definition) is 1. The first-order chi connectivity index (χ1) is 3.73. The molecule has 46 valence electrons. The molecule has 0 amide bonds. The summed E-state index contributed by atoms with van der Waals surface area (Å²) >= 11 is 0. The highest BCUT2D eigenvalue weighted by atomic mass is 15.0. The predicted octanol–water partition coefficient (Wildman–Crippen LogP) is 0.862. The zero-order valence-electron chi connectivity index (χ0n) is 5.57. The van der Waals surface area contributed by atoms with E-state index in [4.69, 9.17) is 0 Å². The molecule has 2 atom stereocenters. The maximum Gasteiger partial charge on any atom is -0.00118 e. The summed E-state index contributed by atoms with van der Waals surface area (Å²) < 4.78 is 0. The average Bonchev–Trinajstić information content (AvgIpc) is 2.22. The predicted molar refractivity (Wildman–Crippen MR) is 33.6 cm³/mol. The fraction of sp³-hybridized carbons (Fsp3) is 1.00. The van der Waals surface area contributed by atoms with Gasteiger partial charge in [0.1, 0.15) is 0 Å². The van der Waals surface area contributed by atoms with Gasteiger partial charge in [-0.1, -0.05) is 13.8 Å². The lowest BCUT2D eigenvalue weighted by molar-refractivity contribution is 0.475. The number of nitrogens with one attached hydrogen (secondary N) is 1. The minimum atomic E-state index is 0.700. The third-order valence-electron chi connectivity index (χ3n) is 3.02. The lowest BCUT2D eigenvalue weighted by Gasteiger charge is -2.06. The van der Waals surface area contributed by atoms with E-state index in [2.05, 4.69) is 19.2 Å². The molecule has 1 saturated heterocycles. The van der Waals surface area contributed by atoms with Gasteiger partial charge in [-0.05, 0) is 30.3 Å². The molecule has 0 unspecified atom stereocenters. The van der Waals surface area contributed by atoms with E-state index in [0.717, 1.165) is 11.8 Å². The summed E-state index contributed by atoms with van der Waals surface area (Å²) in [5, 5.41) is 3.38. The monoisotopic (exact) mass is 111 g/mol. The Hall–Kier alpha value is -0.0400. The summed E-state index contributed by atoms with van der Waals surface area (Å²) in [5.41, 5.74) is 0.700. The summed E-state index contributed by atoms with van der Waals surface area (Å²) in [5.74, 6) is 2.03. The molecule has 2 aliphatic rings. The summed E-state index contributed by atoms with van der Waals surface area (Å²) in [7, 11) is 0. The van der Waals surface area contributed by atoms with Gasteiger partial charge in [0.2, 0.25) is 0 Å². The van der Waals surface area contributed by atoms with Crippen LogP contribution in [0.4, 0.5) is 0 Å². The first-order valence-corrected chi connectivity index (χ1v) is 3.43. The van der Waals surface area contributed by atoms with Crippen LogP contribution in [-0.2, 0) is 0 Å². The van der Waals surface area contributed by atoms with E-state index in [1.165, 1.54) is 13.1 Å². The Morgan fingerprint density at radius 1 is 1.25 bits per heavy atom. The number of hydrogen-bond donors (Lipinski definition) is 1. The fourth-order valence-corrected chi connectivity index (χ4v) is 2.06. The molecule has 1 aliphatic carbocycles. The average molecular weight is 111 g/mol. The van der Waals surface area contributed by atoms with Gasteiger partial charge in [-0.2, -0.15) is 0 Å². The van der Waals surface area contributed by atoms with Crippen LogP contribution in [0.1, 0.15) is 13.8 Å². The molecule has 1 saturated carbocycles. The zero-order chi connectivity index (χ0) is 5.78. The molecule has 0 bridgehead atoms. The van der Waals surface area contributed by atoms with Gasteiger partial charge >= 0.3 is 0 Å². The van der Waals surface area contributed by atoms with Crippen molar-refractivity contribution in [3.8, 4) is 0 Å². The van der Waals surface area contributed by atoms with Crippen LogP contribution in [0.3, 0.4) is 0 Å². The largest absolute Gasteiger partial charge is 0.316 e. The summed E-state index contributed by atoms with van der Waals surface area (Å²) in [4.78, 5) is 0. The standard InChI is InChI=1S/C7H13N/c1-7(2)5-3-8-4-6(5)7/h5-6,8H,3-4H2,1-2H3/t5-,6+. The van der Waals surface area contributed by atoms with Crippen LogP contribution in [0, 0.1) is 17.3 Å². The Labute approximate surface area is 50.5 Å². The third-order valence-corrected chi connectivity index (χ3v) is 3.02. The molecule has 0 aromatic carbocycles. The van der Waals surface area contributed by atoms with Crippen molar-refractivity contribution in [3.63, 3.8) is 0 Å². The van der Waals surface area contributed by atoms with Crippen molar-refractivity contribution < 1.29 is 0 Å². The molecule has 8 heavy (non-hydrogen) atoms. The highest BCUT2D eigenvalue weighted by molar-refractivity contribution is 5.10. The molecule has 0 radical (unpaired) electrons. The van der Waals surface area contributed by atoms with Crippen molar-refractivity contribution >= 4 is 0 Å². The van der Waals surface area contributed by atoms with Crippen molar-refractivity contribution in [2.45, 2.75) is 13.8 Å². The van der Waals surface area contributed by atoms with Crippen LogP contribution in [0.25, 0.3) is 0 Å². The third kappa shape index (κ3) is 0.368. The van der Waals surface area contributed by atoms with Gasteiger partial charge in [0.05, 0.1) is 0 Å². The minimum absolute atomic E-state index is 0.700. The van der Waals surface area contributed by atoms with Crippen LogP contribution >= 0.6 is 0 Å². The highest BCUT2D eigenvalue weighted by Crippen LogP contribution is 2.59. The van der Waals surface area contributed by atoms with E-state index in [0.29, 0.717) is 5.41 Å². The number of rotatable bonds is 0. The molecule has 0 spiro atoms. The van der Waals surface area contributed by atoms with Crippen LogP contribution in [0.15, 0.2) is 0 Å². The van der Waals surface area contributed by atoms with E-state index >= 15 is 0 Å². The summed E-state index contributed by atoms with van der Waals surface area (Å²) in [6, 6.07) is 0. The van der Waals surface area contributed by atoms with E-state index in [-0.39, 0.29) is 0 Å².